The van der Waals surface area contributed by atoms with Gasteiger partial charge in [0, 0.05) is 17.5 Å². The van der Waals surface area contributed by atoms with Crippen LogP contribution in [-0.2, 0) is 14.6 Å². The van der Waals surface area contributed by atoms with E-state index in [4.69, 9.17) is 4.74 Å². The largest absolute Gasteiger partial charge is 0.494 e. The highest BCUT2D eigenvalue weighted by atomic mass is 32.2. The van der Waals surface area contributed by atoms with Crippen molar-refractivity contribution >= 4 is 27.3 Å². The van der Waals surface area contributed by atoms with Crippen LogP contribution in [0.3, 0.4) is 0 Å². The van der Waals surface area contributed by atoms with E-state index < -0.39 is 21.7 Å². The predicted octanol–water partition coefficient (Wildman–Crippen LogP) is 1.86. The molecule has 0 aliphatic rings. The first-order valence-corrected chi connectivity index (χ1v) is 9.80. The van der Waals surface area contributed by atoms with E-state index in [-0.39, 0.29) is 17.0 Å². The number of carbonyl (C=O) groups is 2. The first kappa shape index (κ1) is 19.5. The fourth-order valence-electron chi connectivity index (χ4n) is 2.14. The third-order valence-corrected chi connectivity index (χ3v) is 4.49. The zero-order valence-corrected chi connectivity index (χ0v) is 15.3. The van der Waals surface area contributed by atoms with E-state index in [0.717, 1.165) is 6.26 Å². The monoisotopic (exact) mass is 376 g/mol. The summed E-state index contributed by atoms with van der Waals surface area (Å²) in [5.74, 6) is -0.233. The van der Waals surface area contributed by atoms with Crippen molar-refractivity contribution in [3.8, 4) is 5.75 Å². The molecule has 2 aromatic rings. The van der Waals surface area contributed by atoms with Crippen LogP contribution < -0.4 is 15.4 Å². The van der Waals surface area contributed by atoms with Crippen LogP contribution in [0, 0.1) is 0 Å². The minimum Gasteiger partial charge on any atom is -0.494 e. The summed E-state index contributed by atoms with van der Waals surface area (Å²) in [6.07, 6.45) is 1.06. The number of sulfone groups is 1. The minimum atomic E-state index is -3.41. The lowest BCUT2D eigenvalue weighted by Crippen LogP contribution is -2.32. The summed E-state index contributed by atoms with van der Waals surface area (Å²) in [6, 6.07) is 12.5. The molecule has 2 N–H and O–H groups in total. The molecular formula is C18H20N2O5S. The molecule has 2 aromatic carbocycles. The molecule has 7 nitrogen and oxygen atoms in total. The Bertz CT molecular complexity index is 892. The summed E-state index contributed by atoms with van der Waals surface area (Å²) in [5.41, 5.74) is 0.744. The molecular weight excluding hydrogens is 356 g/mol. The minimum absolute atomic E-state index is 0.0454. The molecule has 0 fully saturated rings. The SMILES string of the molecule is CCOc1ccc(NC(=O)CNC(=O)c2cccc(S(C)(=O)=O)c2)cc1. The van der Waals surface area contributed by atoms with Gasteiger partial charge in [0.15, 0.2) is 9.84 Å². The van der Waals surface area contributed by atoms with Crippen LogP contribution in [0.5, 0.6) is 5.75 Å². The Morgan fingerprint density at radius 2 is 1.77 bits per heavy atom. The average Bonchev–Trinajstić information content (AvgIpc) is 2.61. The molecule has 0 aliphatic heterocycles. The summed E-state index contributed by atoms with van der Waals surface area (Å²) < 4.78 is 28.4. The van der Waals surface area contributed by atoms with Crippen LogP contribution in [0.25, 0.3) is 0 Å². The van der Waals surface area contributed by atoms with E-state index in [1.165, 1.54) is 24.3 Å². The number of rotatable bonds is 7. The Hall–Kier alpha value is -2.87. The Morgan fingerprint density at radius 1 is 1.08 bits per heavy atom. The number of carbonyl (C=O) groups excluding carboxylic acids is 2. The Labute approximate surface area is 152 Å². The molecule has 0 bridgehead atoms. The maximum absolute atomic E-state index is 12.1. The molecule has 0 radical (unpaired) electrons. The second kappa shape index (κ2) is 8.48. The number of ether oxygens (including phenoxy) is 1. The van der Waals surface area contributed by atoms with Gasteiger partial charge in [-0.05, 0) is 49.4 Å². The van der Waals surface area contributed by atoms with Crippen molar-refractivity contribution in [2.45, 2.75) is 11.8 Å². The maximum atomic E-state index is 12.1. The fraction of sp³-hybridized carbons (Fsp3) is 0.222. The van der Waals surface area contributed by atoms with Crippen molar-refractivity contribution in [3.05, 3.63) is 54.1 Å². The van der Waals surface area contributed by atoms with Crippen molar-refractivity contribution in [1.82, 2.24) is 5.32 Å². The number of hydrogen-bond donors (Lipinski definition) is 2. The fourth-order valence-corrected chi connectivity index (χ4v) is 2.80. The second-order valence-corrected chi connectivity index (χ2v) is 7.50. The summed E-state index contributed by atoms with van der Waals surface area (Å²) in [4.78, 5) is 24.1. The van der Waals surface area contributed by atoms with Gasteiger partial charge in [0.1, 0.15) is 5.75 Å². The van der Waals surface area contributed by atoms with E-state index in [1.807, 2.05) is 6.92 Å². The van der Waals surface area contributed by atoms with E-state index >= 15 is 0 Å². The van der Waals surface area contributed by atoms with Crippen LogP contribution in [0.2, 0.25) is 0 Å². The number of amides is 2. The molecule has 0 aliphatic carbocycles. The van der Waals surface area contributed by atoms with E-state index in [9.17, 15) is 18.0 Å². The van der Waals surface area contributed by atoms with Gasteiger partial charge in [-0.3, -0.25) is 9.59 Å². The molecule has 8 heteroatoms. The average molecular weight is 376 g/mol. The lowest BCUT2D eigenvalue weighted by atomic mass is 10.2. The van der Waals surface area contributed by atoms with Crippen molar-refractivity contribution in [2.24, 2.45) is 0 Å². The van der Waals surface area contributed by atoms with Gasteiger partial charge in [-0.1, -0.05) is 6.07 Å². The van der Waals surface area contributed by atoms with Gasteiger partial charge in [-0.2, -0.15) is 0 Å². The molecule has 0 heterocycles. The van der Waals surface area contributed by atoms with Crippen LogP contribution in [0.1, 0.15) is 17.3 Å². The molecule has 0 aromatic heterocycles. The van der Waals surface area contributed by atoms with Gasteiger partial charge in [0.05, 0.1) is 18.0 Å². The first-order chi connectivity index (χ1) is 12.3. The van der Waals surface area contributed by atoms with Gasteiger partial charge >= 0.3 is 0 Å². The summed E-state index contributed by atoms with van der Waals surface area (Å²) in [5, 5.41) is 5.11. The van der Waals surface area contributed by atoms with Crippen LogP contribution in [0.4, 0.5) is 5.69 Å². The number of benzene rings is 2. The topological polar surface area (TPSA) is 102 Å². The Kier molecular flexibility index (Phi) is 6.35. The molecule has 0 unspecified atom stereocenters. The van der Waals surface area contributed by atoms with E-state index in [0.29, 0.717) is 18.0 Å². The van der Waals surface area contributed by atoms with Crippen LogP contribution in [0.15, 0.2) is 53.4 Å². The summed E-state index contributed by atoms with van der Waals surface area (Å²) >= 11 is 0. The van der Waals surface area contributed by atoms with Crippen molar-refractivity contribution in [1.29, 1.82) is 0 Å². The van der Waals surface area contributed by atoms with Crippen LogP contribution >= 0.6 is 0 Å². The third kappa shape index (κ3) is 5.59. The zero-order chi connectivity index (χ0) is 19.2. The molecule has 0 atom stereocenters. The van der Waals surface area contributed by atoms with Crippen molar-refractivity contribution in [3.63, 3.8) is 0 Å². The van der Waals surface area contributed by atoms with Crippen LogP contribution in [-0.4, -0.2) is 39.6 Å². The van der Waals surface area contributed by atoms with Crippen molar-refractivity contribution < 1.29 is 22.7 Å². The van der Waals surface area contributed by atoms with Gasteiger partial charge in [-0.15, -0.1) is 0 Å². The van der Waals surface area contributed by atoms with Gasteiger partial charge in [-0.25, -0.2) is 8.42 Å². The Balaban J connectivity index is 1.91. The standard InChI is InChI=1S/C18H20N2O5S/c1-3-25-15-9-7-14(8-10-15)20-17(21)12-19-18(22)13-5-4-6-16(11-13)26(2,23)24/h4-11H,3,12H2,1-2H3,(H,19,22)(H,20,21). The second-order valence-electron chi connectivity index (χ2n) is 5.49. The molecule has 0 saturated heterocycles. The normalized spacial score (nSPS) is 10.8. The van der Waals surface area contributed by atoms with E-state index in [2.05, 4.69) is 10.6 Å². The molecule has 0 saturated carbocycles. The van der Waals surface area contributed by atoms with Gasteiger partial charge in [0.25, 0.3) is 5.91 Å². The number of anilines is 1. The Morgan fingerprint density at radius 3 is 2.38 bits per heavy atom. The molecule has 138 valence electrons. The molecule has 26 heavy (non-hydrogen) atoms. The van der Waals surface area contributed by atoms with Gasteiger partial charge < -0.3 is 15.4 Å². The van der Waals surface area contributed by atoms with Crippen molar-refractivity contribution in [2.75, 3.05) is 24.7 Å². The number of hydrogen-bond acceptors (Lipinski definition) is 5. The molecule has 2 amide bonds. The lowest BCUT2D eigenvalue weighted by molar-refractivity contribution is -0.115. The molecule has 2 rings (SSSR count). The molecule has 0 spiro atoms. The summed E-state index contributed by atoms with van der Waals surface area (Å²) in [6.45, 7) is 2.19. The highest BCUT2D eigenvalue weighted by Gasteiger charge is 2.12. The number of nitrogens with one attached hydrogen (secondary N) is 2. The zero-order valence-electron chi connectivity index (χ0n) is 14.5. The quantitative estimate of drug-likeness (QED) is 0.768. The third-order valence-electron chi connectivity index (χ3n) is 3.38. The summed E-state index contributed by atoms with van der Waals surface area (Å²) in [7, 11) is -3.41. The smallest absolute Gasteiger partial charge is 0.251 e. The predicted molar refractivity (Wildman–Crippen MR) is 98.1 cm³/mol. The lowest BCUT2D eigenvalue weighted by Gasteiger charge is -2.09. The van der Waals surface area contributed by atoms with Gasteiger partial charge in [0.2, 0.25) is 5.91 Å². The maximum Gasteiger partial charge on any atom is 0.251 e. The highest BCUT2D eigenvalue weighted by Crippen LogP contribution is 2.15. The highest BCUT2D eigenvalue weighted by molar-refractivity contribution is 7.90. The first-order valence-electron chi connectivity index (χ1n) is 7.90. The van der Waals surface area contributed by atoms with E-state index in [1.54, 1.807) is 24.3 Å².